The Bertz CT molecular complexity index is 880. The van der Waals surface area contributed by atoms with Gasteiger partial charge in [0.1, 0.15) is 5.82 Å². The first-order valence-electron chi connectivity index (χ1n) is 10.1. The number of nitrogens with two attached hydrogens (primary N) is 1. The number of aliphatic hydroxyl groups excluding tert-OH is 1. The highest BCUT2D eigenvalue weighted by molar-refractivity contribution is 5.90. The first-order valence-corrected chi connectivity index (χ1v) is 10.1. The molecule has 0 saturated heterocycles. The van der Waals surface area contributed by atoms with Crippen LogP contribution in [0.15, 0.2) is 36.5 Å². The molecular formula is C23H30N4O3. The number of carbonyl (C=O) groups excluding carboxylic acids is 1. The van der Waals surface area contributed by atoms with Gasteiger partial charge in [0, 0.05) is 19.1 Å². The minimum atomic E-state index is -0.423. The minimum Gasteiger partial charge on any atom is -0.462 e. The number of nitrogens with one attached hydrogen (secondary N) is 1. The molecule has 7 heteroatoms. The average Bonchev–Trinajstić information content (AvgIpc) is 3.16. The topological polar surface area (TPSA) is 110 Å². The Balaban J connectivity index is 1.99. The van der Waals surface area contributed by atoms with Gasteiger partial charge in [-0.3, -0.25) is 0 Å². The van der Waals surface area contributed by atoms with Crippen molar-refractivity contribution in [2.24, 2.45) is 5.92 Å². The Kier molecular flexibility index (Phi) is 9.10. The van der Waals surface area contributed by atoms with Crippen molar-refractivity contribution in [2.45, 2.75) is 45.6 Å². The molecule has 1 aromatic heterocycles. The summed E-state index contributed by atoms with van der Waals surface area (Å²) in [7, 11) is 0. The van der Waals surface area contributed by atoms with Crippen molar-refractivity contribution in [3.05, 3.63) is 47.7 Å². The van der Waals surface area contributed by atoms with Crippen LogP contribution in [0.25, 0.3) is 0 Å². The molecular weight excluding hydrogens is 380 g/mol. The monoisotopic (exact) mass is 410 g/mol. The number of esters is 1. The molecule has 1 aliphatic rings. The van der Waals surface area contributed by atoms with Crippen molar-refractivity contribution in [3.63, 3.8) is 0 Å². The number of hydrogen-bond acceptors (Lipinski definition) is 7. The van der Waals surface area contributed by atoms with Gasteiger partial charge in [0.2, 0.25) is 5.95 Å². The molecule has 2 rings (SSSR count). The van der Waals surface area contributed by atoms with Gasteiger partial charge in [-0.15, -0.1) is 0 Å². The maximum absolute atomic E-state index is 11.5. The third-order valence-corrected chi connectivity index (χ3v) is 4.76. The summed E-state index contributed by atoms with van der Waals surface area (Å²) in [6, 6.07) is 0.244. The SMILES string of the molecule is C=C(/C=C\C=C/CC#Cc1c(C)nc(N)nc1NC1CCC(CO)C1)C(=O)OCC. The lowest BCUT2D eigenvalue weighted by atomic mass is 10.1. The number of ether oxygens (including phenoxy) is 1. The molecule has 0 aliphatic heterocycles. The van der Waals surface area contributed by atoms with Crippen molar-refractivity contribution in [2.75, 3.05) is 24.3 Å². The van der Waals surface area contributed by atoms with Crippen LogP contribution in [0, 0.1) is 24.7 Å². The van der Waals surface area contributed by atoms with Gasteiger partial charge in [-0.1, -0.05) is 36.6 Å². The highest BCUT2D eigenvalue weighted by Gasteiger charge is 2.25. The summed E-state index contributed by atoms with van der Waals surface area (Å²) in [6.07, 6.45) is 10.4. The molecule has 7 nitrogen and oxygen atoms in total. The quantitative estimate of drug-likeness (QED) is 0.262. The van der Waals surface area contributed by atoms with Crippen LogP contribution >= 0.6 is 0 Å². The van der Waals surface area contributed by atoms with Gasteiger partial charge in [0.15, 0.2) is 0 Å². The fourth-order valence-electron chi connectivity index (χ4n) is 3.22. The Hall–Kier alpha value is -3.11. The molecule has 160 valence electrons. The summed E-state index contributed by atoms with van der Waals surface area (Å²) in [4.78, 5) is 20.0. The van der Waals surface area contributed by atoms with Crippen LogP contribution in [0.4, 0.5) is 11.8 Å². The van der Waals surface area contributed by atoms with E-state index in [4.69, 9.17) is 10.5 Å². The maximum atomic E-state index is 11.5. The lowest BCUT2D eigenvalue weighted by molar-refractivity contribution is -0.138. The summed E-state index contributed by atoms with van der Waals surface area (Å²) in [6.45, 7) is 7.80. The molecule has 0 amide bonds. The number of nitrogen functional groups attached to an aromatic ring is 1. The first-order chi connectivity index (χ1) is 14.4. The highest BCUT2D eigenvalue weighted by Crippen LogP contribution is 2.28. The number of carbonyl (C=O) groups is 1. The van der Waals surface area contributed by atoms with E-state index in [2.05, 4.69) is 33.7 Å². The Morgan fingerprint density at radius 2 is 2.20 bits per heavy atom. The van der Waals surface area contributed by atoms with Gasteiger partial charge in [-0.05, 0) is 45.1 Å². The summed E-state index contributed by atoms with van der Waals surface area (Å²) < 4.78 is 4.86. The van der Waals surface area contributed by atoms with Crippen LogP contribution in [-0.4, -0.2) is 40.3 Å². The second kappa shape index (κ2) is 11.8. The first kappa shape index (κ1) is 23.2. The lowest BCUT2D eigenvalue weighted by Crippen LogP contribution is -2.19. The third-order valence-electron chi connectivity index (χ3n) is 4.76. The summed E-state index contributed by atoms with van der Waals surface area (Å²) >= 11 is 0. The van der Waals surface area contributed by atoms with Crippen LogP contribution in [0.5, 0.6) is 0 Å². The number of rotatable bonds is 8. The van der Waals surface area contributed by atoms with Gasteiger partial charge < -0.3 is 20.9 Å². The van der Waals surface area contributed by atoms with E-state index in [9.17, 15) is 9.90 Å². The lowest BCUT2D eigenvalue weighted by Gasteiger charge is -2.16. The number of allylic oxidation sites excluding steroid dienone is 3. The zero-order valence-corrected chi connectivity index (χ0v) is 17.6. The van der Waals surface area contributed by atoms with Crippen LogP contribution in [0.1, 0.15) is 43.9 Å². The van der Waals surface area contributed by atoms with Gasteiger partial charge in [-0.2, -0.15) is 4.98 Å². The molecule has 0 aromatic carbocycles. The molecule has 1 saturated carbocycles. The third kappa shape index (κ3) is 7.05. The van der Waals surface area contributed by atoms with Crippen LogP contribution < -0.4 is 11.1 Å². The maximum Gasteiger partial charge on any atom is 0.337 e. The number of aromatic nitrogens is 2. The van der Waals surface area contributed by atoms with Crippen LogP contribution in [0.3, 0.4) is 0 Å². The van der Waals surface area contributed by atoms with E-state index in [1.807, 2.05) is 13.0 Å². The number of nitrogens with zero attached hydrogens (tertiary/aromatic N) is 2. The predicted molar refractivity (Wildman–Crippen MR) is 119 cm³/mol. The predicted octanol–water partition coefficient (Wildman–Crippen LogP) is 2.91. The standard InChI is InChI=1S/C23H30N4O3/c1-4-30-22(29)16(2)10-8-6-5-7-9-11-20-17(3)25-23(24)27-21(20)26-19-13-12-18(14-19)15-28/h5-6,8,10,18-19,28H,2,4,7,12-15H2,1,3H3,(H3,24,25,26,27)/b6-5-,10-8-. The zero-order valence-electron chi connectivity index (χ0n) is 17.6. The van der Waals surface area contributed by atoms with E-state index in [0.717, 1.165) is 30.5 Å². The molecule has 30 heavy (non-hydrogen) atoms. The summed E-state index contributed by atoms with van der Waals surface area (Å²) in [5, 5.41) is 12.8. The van der Waals surface area contributed by atoms with E-state index in [1.54, 1.807) is 25.2 Å². The molecule has 1 aromatic rings. The second-order valence-electron chi connectivity index (χ2n) is 7.13. The highest BCUT2D eigenvalue weighted by atomic mass is 16.5. The van der Waals surface area contributed by atoms with Gasteiger partial charge in [0.25, 0.3) is 0 Å². The molecule has 2 unspecified atom stereocenters. The Labute approximate surface area is 178 Å². The average molecular weight is 411 g/mol. The van der Waals surface area contributed by atoms with Crippen molar-refractivity contribution in [1.29, 1.82) is 0 Å². The zero-order chi connectivity index (χ0) is 21.9. The van der Waals surface area contributed by atoms with Crippen molar-refractivity contribution >= 4 is 17.7 Å². The Morgan fingerprint density at radius 1 is 1.40 bits per heavy atom. The normalized spacial score (nSPS) is 18.4. The van der Waals surface area contributed by atoms with E-state index < -0.39 is 5.97 Å². The summed E-state index contributed by atoms with van der Waals surface area (Å²) in [5.41, 5.74) is 7.58. The molecule has 2 atom stereocenters. The summed E-state index contributed by atoms with van der Waals surface area (Å²) in [5.74, 6) is 6.99. The number of aliphatic hydroxyl groups is 1. The molecule has 1 heterocycles. The fraction of sp³-hybridized carbons (Fsp3) is 0.435. The number of aryl methyl sites for hydroxylation is 1. The van der Waals surface area contributed by atoms with E-state index in [1.165, 1.54) is 0 Å². The van der Waals surface area contributed by atoms with E-state index in [0.29, 0.717) is 30.3 Å². The fourth-order valence-corrected chi connectivity index (χ4v) is 3.22. The molecule has 1 aliphatic carbocycles. The van der Waals surface area contributed by atoms with E-state index >= 15 is 0 Å². The molecule has 0 spiro atoms. The van der Waals surface area contributed by atoms with Gasteiger partial charge >= 0.3 is 5.97 Å². The van der Waals surface area contributed by atoms with E-state index in [-0.39, 0.29) is 18.6 Å². The van der Waals surface area contributed by atoms with Crippen molar-refractivity contribution in [3.8, 4) is 11.8 Å². The van der Waals surface area contributed by atoms with Crippen molar-refractivity contribution in [1.82, 2.24) is 9.97 Å². The van der Waals surface area contributed by atoms with Crippen LogP contribution in [-0.2, 0) is 9.53 Å². The minimum absolute atomic E-state index is 0.212. The molecule has 0 bridgehead atoms. The number of anilines is 2. The van der Waals surface area contributed by atoms with Gasteiger partial charge in [0.05, 0.1) is 23.4 Å². The molecule has 1 fully saturated rings. The van der Waals surface area contributed by atoms with Gasteiger partial charge in [-0.25, -0.2) is 9.78 Å². The Morgan fingerprint density at radius 3 is 2.90 bits per heavy atom. The molecule has 4 N–H and O–H groups in total. The smallest absolute Gasteiger partial charge is 0.337 e. The second-order valence-corrected chi connectivity index (χ2v) is 7.13. The molecule has 0 radical (unpaired) electrons. The van der Waals surface area contributed by atoms with Crippen molar-refractivity contribution < 1.29 is 14.6 Å². The van der Waals surface area contributed by atoms with Crippen LogP contribution in [0.2, 0.25) is 0 Å². The largest absolute Gasteiger partial charge is 0.462 e. The number of hydrogen-bond donors (Lipinski definition) is 3.